The Kier molecular flexibility index (Phi) is 11.7. The van der Waals surface area contributed by atoms with E-state index in [9.17, 15) is 24.0 Å². The summed E-state index contributed by atoms with van der Waals surface area (Å²) in [5.74, 6) is -3.03. The maximum absolute atomic E-state index is 13.7. The van der Waals surface area contributed by atoms with Crippen LogP contribution >= 0.6 is 0 Å². The van der Waals surface area contributed by atoms with E-state index < -0.39 is 47.5 Å². The van der Waals surface area contributed by atoms with Crippen LogP contribution in [0.15, 0.2) is 18.2 Å². The molecule has 0 bridgehead atoms. The summed E-state index contributed by atoms with van der Waals surface area (Å²) in [5, 5.41) is 14.4. The number of fused-ring (bicyclic) bond motifs is 1. The van der Waals surface area contributed by atoms with Gasteiger partial charge >= 0.3 is 11.9 Å². The van der Waals surface area contributed by atoms with Crippen LogP contribution in [0.2, 0.25) is 0 Å². The minimum atomic E-state index is -0.942. The highest BCUT2D eigenvalue weighted by atomic mass is 16.6. The third-order valence-corrected chi connectivity index (χ3v) is 6.70. The normalized spacial score (nSPS) is 16.5. The minimum absolute atomic E-state index is 0.0259. The van der Waals surface area contributed by atoms with Crippen LogP contribution < -0.4 is 10.6 Å². The van der Waals surface area contributed by atoms with Gasteiger partial charge in [0.05, 0.1) is 19.1 Å². The summed E-state index contributed by atoms with van der Waals surface area (Å²) in [6.45, 7) is 8.96. The molecule has 0 saturated carbocycles. The number of hydrogen-bond donors (Lipinski definition) is 3. The van der Waals surface area contributed by atoms with Gasteiger partial charge in [-0.25, -0.2) is 0 Å². The van der Waals surface area contributed by atoms with Gasteiger partial charge in [0.15, 0.2) is 0 Å². The molecule has 2 rings (SSSR count). The molecule has 222 valence electrons. The van der Waals surface area contributed by atoms with Gasteiger partial charge in [0.1, 0.15) is 11.6 Å². The Morgan fingerprint density at radius 2 is 1.85 bits per heavy atom. The van der Waals surface area contributed by atoms with Crippen molar-refractivity contribution >= 4 is 29.7 Å². The van der Waals surface area contributed by atoms with Gasteiger partial charge in [-0.05, 0) is 72.2 Å². The molecule has 1 heterocycles. The van der Waals surface area contributed by atoms with E-state index >= 15 is 0 Å². The van der Waals surface area contributed by atoms with E-state index in [1.165, 1.54) is 4.90 Å². The van der Waals surface area contributed by atoms with Crippen molar-refractivity contribution in [3.8, 4) is 0 Å². The lowest BCUT2D eigenvalue weighted by atomic mass is 9.90. The molecule has 0 unspecified atom stereocenters. The highest BCUT2D eigenvalue weighted by Gasteiger charge is 2.37. The molecule has 0 radical (unpaired) electrons. The Morgan fingerprint density at radius 1 is 1.18 bits per heavy atom. The second-order valence-electron chi connectivity index (χ2n) is 11.6. The van der Waals surface area contributed by atoms with Crippen LogP contribution in [-0.4, -0.2) is 83.5 Å². The van der Waals surface area contributed by atoms with Crippen LogP contribution in [0.3, 0.4) is 0 Å². The number of carboxylic acids is 1. The van der Waals surface area contributed by atoms with E-state index in [1.54, 1.807) is 46.7 Å². The van der Waals surface area contributed by atoms with Crippen molar-refractivity contribution in [2.24, 2.45) is 5.92 Å². The largest absolute Gasteiger partial charge is 0.481 e. The monoisotopic (exact) mass is 560 g/mol. The zero-order valence-electron chi connectivity index (χ0n) is 24.7. The second-order valence-corrected chi connectivity index (χ2v) is 11.6. The van der Waals surface area contributed by atoms with Crippen LogP contribution in [0, 0.1) is 12.8 Å². The maximum Gasteiger partial charge on any atom is 0.309 e. The van der Waals surface area contributed by atoms with Gasteiger partial charge in [-0.2, -0.15) is 0 Å². The predicted molar refractivity (Wildman–Crippen MR) is 149 cm³/mol. The molecule has 3 N–H and O–H groups in total. The Bertz CT molecular complexity index is 1100. The number of carbonyl (C=O) groups excluding carboxylic acids is 4. The van der Waals surface area contributed by atoms with Crippen molar-refractivity contribution < 1.29 is 33.8 Å². The molecule has 0 saturated heterocycles. The molecule has 1 aromatic carbocycles. The van der Waals surface area contributed by atoms with Crippen LogP contribution in [0.25, 0.3) is 0 Å². The smallest absolute Gasteiger partial charge is 0.309 e. The average Bonchev–Trinajstić information content (AvgIpc) is 2.84. The van der Waals surface area contributed by atoms with E-state index in [2.05, 4.69) is 10.6 Å². The molecular weight excluding hydrogens is 516 g/mol. The molecule has 0 fully saturated rings. The molecule has 3 atom stereocenters. The van der Waals surface area contributed by atoms with E-state index in [0.717, 1.165) is 11.1 Å². The number of aliphatic carboxylic acids is 1. The van der Waals surface area contributed by atoms with Gasteiger partial charge < -0.3 is 25.4 Å². The van der Waals surface area contributed by atoms with Gasteiger partial charge in [-0.3, -0.25) is 28.9 Å². The first-order valence-electron chi connectivity index (χ1n) is 13.7. The number of amides is 3. The van der Waals surface area contributed by atoms with Crippen molar-refractivity contribution in [2.45, 2.75) is 84.5 Å². The molecule has 11 heteroatoms. The van der Waals surface area contributed by atoms with E-state index in [1.807, 2.05) is 25.1 Å². The van der Waals surface area contributed by atoms with Crippen molar-refractivity contribution in [1.29, 1.82) is 0 Å². The molecule has 0 aliphatic carbocycles. The number of nitrogens with one attached hydrogen (secondary N) is 2. The first-order chi connectivity index (χ1) is 18.6. The highest BCUT2D eigenvalue weighted by Crippen LogP contribution is 2.31. The Hall–Kier alpha value is -3.47. The lowest BCUT2D eigenvalue weighted by Gasteiger charge is -2.38. The van der Waals surface area contributed by atoms with Crippen LogP contribution in [-0.2, 0) is 35.1 Å². The van der Waals surface area contributed by atoms with Crippen molar-refractivity contribution in [3.63, 3.8) is 0 Å². The molecule has 11 nitrogen and oxygen atoms in total. The summed E-state index contributed by atoms with van der Waals surface area (Å²) in [6, 6.07) is 4.79. The lowest BCUT2D eigenvalue weighted by Crippen LogP contribution is -2.54. The number of hydrogen-bond acceptors (Lipinski definition) is 7. The number of carbonyl (C=O) groups is 5. The third-order valence-electron chi connectivity index (χ3n) is 6.70. The zero-order valence-corrected chi connectivity index (χ0v) is 24.7. The highest BCUT2D eigenvalue weighted by molar-refractivity contribution is 5.92. The van der Waals surface area contributed by atoms with E-state index in [4.69, 9.17) is 9.84 Å². The van der Waals surface area contributed by atoms with Crippen molar-refractivity contribution in [1.82, 2.24) is 20.4 Å². The molecule has 0 aromatic heterocycles. The van der Waals surface area contributed by atoms with Gasteiger partial charge in [0, 0.05) is 18.9 Å². The third kappa shape index (κ3) is 9.93. The molecule has 1 aliphatic heterocycles. The first kappa shape index (κ1) is 32.7. The van der Waals surface area contributed by atoms with Crippen LogP contribution in [0.5, 0.6) is 0 Å². The summed E-state index contributed by atoms with van der Waals surface area (Å²) >= 11 is 0. The summed E-state index contributed by atoms with van der Waals surface area (Å²) in [6.07, 6.45) is 0.535. The number of aryl methyl sites for hydroxylation is 1. The summed E-state index contributed by atoms with van der Waals surface area (Å²) < 4.78 is 5.43. The fourth-order valence-corrected chi connectivity index (χ4v) is 4.58. The predicted octanol–water partition coefficient (Wildman–Crippen LogP) is 2.16. The summed E-state index contributed by atoms with van der Waals surface area (Å²) in [7, 11) is 3.48. The number of benzene rings is 1. The molecule has 0 spiro atoms. The fraction of sp³-hybridized carbons (Fsp3) is 0.621. The first-order valence-corrected chi connectivity index (χ1v) is 13.7. The maximum atomic E-state index is 13.7. The number of carboxylic acid groups (broad SMARTS) is 1. The number of rotatable bonds is 12. The van der Waals surface area contributed by atoms with Gasteiger partial charge in [-0.1, -0.05) is 30.7 Å². The lowest BCUT2D eigenvalue weighted by molar-refractivity contribution is -0.156. The molecule has 1 aromatic rings. The standard InChI is InChI=1S/C29H44N4O7/c1-18-11-12-21-20(15-18)13-14-33(23(34)17-30-27(38)19(2)9-8-10-24(35)36)26(21)28(39)31-22(32(6)7)16-25(37)40-29(3,4)5/h11-12,15,19,22,26H,8-10,13-14,16-17H2,1-7H3,(H,30,38)(H,31,39)(H,35,36)/t19-,22+,26-/m0/s1. The fourth-order valence-electron chi connectivity index (χ4n) is 4.58. The molecule has 1 aliphatic rings. The van der Waals surface area contributed by atoms with E-state index in [0.29, 0.717) is 24.8 Å². The minimum Gasteiger partial charge on any atom is -0.481 e. The van der Waals surface area contributed by atoms with Crippen molar-refractivity contribution in [3.05, 3.63) is 34.9 Å². The second kappa shape index (κ2) is 14.2. The molecular formula is C29H44N4O7. The Labute approximate surface area is 236 Å². The number of esters is 1. The Balaban J connectivity index is 2.19. The number of ether oxygens (including phenoxy) is 1. The van der Waals surface area contributed by atoms with E-state index in [-0.39, 0.29) is 31.8 Å². The van der Waals surface area contributed by atoms with Crippen LogP contribution in [0.1, 0.15) is 76.1 Å². The zero-order chi connectivity index (χ0) is 30.2. The summed E-state index contributed by atoms with van der Waals surface area (Å²) in [5.41, 5.74) is 2.04. The molecule has 3 amide bonds. The van der Waals surface area contributed by atoms with Crippen molar-refractivity contribution in [2.75, 3.05) is 27.2 Å². The number of nitrogens with zero attached hydrogens (tertiary/aromatic N) is 2. The SMILES string of the molecule is Cc1ccc2c(c1)CCN(C(=O)CNC(=O)[C@@H](C)CCCC(=O)O)[C@@H]2C(=O)N[C@@H](CC(=O)OC(C)(C)C)N(C)C. The summed E-state index contributed by atoms with van der Waals surface area (Å²) in [4.78, 5) is 66.0. The quantitative estimate of drug-likeness (QED) is 0.261. The van der Waals surface area contributed by atoms with Gasteiger partial charge in [-0.15, -0.1) is 0 Å². The van der Waals surface area contributed by atoms with Crippen LogP contribution in [0.4, 0.5) is 0 Å². The van der Waals surface area contributed by atoms with Gasteiger partial charge in [0.2, 0.25) is 17.7 Å². The topological polar surface area (TPSA) is 145 Å². The Morgan fingerprint density at radius 3 is 2.45 bits per heavy atom. The van der Waals surface area contributed by atoms with Gasteiger partial charge in [0.25, 0.3) is 0 Å². The molecule has 40 heavy (non-hydrogen) atoms. The average molecular weight is 561 g/mol.